The quantitative estimate of drug-likeness (QED) is 0.652. The Balaban J connectivity index is 3.17. The third-order valence-electron chi connectivity index (χ3n) is 0.821. The Bertz CT molecular complexity index is 150. The molecule has 0 aliphatic carbocycles. The average molecular weight is 203 g/mol. The lowest BCUT2D eigenvalue weighted by Gasteiger charge is -2.04. The van der Waals surface area contributed by atoms with Gasteiger partial charge in [-0.3, -0.25) is 4.79 Å². The summed E-state index contributed by atoms with van der Waals surface area (Å²) in [5.74, 6) is -1.25. The van der Waals surface area contributed by atoms with Gasteiger partial charge in [-0.15, -0.1) is 0 Å². The molecule has 0 aromatic heterocycles. The Morgan fingerprint density at radius 1 is 1.50 bits per heavy atom. The molecule has 0 spiro atoms. The van der Waals surface area contributed by atoms with Crippen LogP contribution in [0.1, 0.15) is 0 Å². The maximum absolute atomic E-state index is 11.5. The van der Waals surface area contributed by atoms with Gasteiger partial charge in [0.05, 0.1) is 6.54 Å². The lowest BCUT2D eigenvalue weighted by atomic mass is 10.6. The standard InChI is InChI=1S/C5H8F3NO2S/c6-5(7,8)12-2-1-9-3-4(10)11/h9H,1-3H2,(H,10,11). The minimum atomic E-state index is -4.23. The van der Waals surface area contributed by atoms with Crippen LogP contribution in [0.4, 0.5) is 13.2 Å². The number of rotatable bonds is 5. The number of alkyl halides is 3. The van der Waals surface area contributed by atoms with E-state index in [1.807, 2.05) is 0 Å². The van der Waals surface area contributed by atoms with E-state index >= 15 is 0 Å². The van der Waals surface area contributed by atoms with E-state index in [9.17, 15) is 18.0 Å². The van der Waals surface area contributed by atoms with E-state index in [1.54, 1.807) is 0 Å². The maximum Gasteiger partial charge on any atom is 0.441 e. The molecule has 0 atom stereocenters. The Morgan fingerprint density at radius 2 is 2.08 bits per heavy atom. The van der Waals surface area contributed by atoms with Crippen LogP contribution in [0.15, 0.2) is 0 Å². The fourth-order valence-electron chi connectivity index (χ4n) is 0.434. The summed E-state index contributed by atoms with van der Waals surface area (Å²) in [6, 6.07) is 0. The summed E-state index contributed by atoms with van der Waals surface area (Å²) >= 11 is -0.170. The normalized spacial score (nSPS) is 11.6. The molecule has 3 nitrogen and oxygen atoms in total. The first-order valence-corrected chi connectivity index (χ1v) is 4.03. The molecule has 0 saturated heterocycles. The van der Waals surface area contributed by atoms with Gasteiger partial charge in [0, 0.05) is 12.3 Å². The van der Waals surface area contributed by atoms with Crippen LogP contribution in [0.25, 0.3) is 0 Å². The summed E-state index contributed by atoms with van der Waals surface area (Å²) in [5.41, 5.74) is -4.23. The van der Waals surface area contributed by atoms with Gasteiger partial charge in [0.25, 0.3) is 0 Å². The Morgan fingerprint density at radius 3 is 2.50 bits per heavy atom. The molecule has 7 heteroatoms. The van der Waals surface area contributed by atoms with Gasteiger partial charge in [0.2, 0.25) is 0 Å². The smallest absolute Gasteiger partial charge is 0.441 e. The van der Waals surface area contributed by atoms with Crippen molar-refractivity contribution >= 4 is 17.7 Å². The maximum atomic E-state index is 11.5. The first-order valence-electron chi connectivity index (χ1n) is 3.05. The number of carboxylic acids is 1. The molecule has 0 fully saturated rings. The van der Waals surface area contributed by atoms with Crippen molar-refractivity contribution in [3.8, 4) is 0 Å². The molecule has 0 aliphatic heterocycles. The number of halogens is 3. The van der Waals surface area contributed by atoms with E-state index in [0.717, 1.165) is 0 Å². The van der Waals surface area contributed by atoms with Gasteiger partial charge in [-0.2, -0.15) is 13.2 Å². The molecule has 2 N–H and O–H groups in total. The van der Waals surface area contributed by atoms with Gasteiger partial charge in [0.15, 0.2) is 0 Å². The van der Waals surface area contributed by atoms with Crippen molar-refractivity contribution in [1.82, 2.24) is 5.32 Å². The average Bonchev–Trinajstić information content (AvgIpc) is 1.83. The molecule has 0 aliphatic rings. The van der Waals surface area contributed by atoms with Gasteiger partial charge in [0.1, 0.15) is 0 Å². The Hall–Kier alpha value is -0.430. The summed E-state index contributed by atoms with van der Waals surface area (Å²) in [5, 5.41) is 10.4. The molecule has 0 bridgehead atoms. The highest BCUT2D eigenvalue weighted by molar-refractivity contribution is 8.00. The Labute approximate surface area is 71.3 Å². The summed E-state index contributed by atoms with van der Waals surface area (Å²) in [6.45, 7) is -0.269. The lowest BCUT2D eigenvalue weighted by Crippen LogP contribution is -2.25. The molecular weight excluding hydrogens is 195 g/mol. The fraction of sp³-hybridized carbons (Fsp3) is 0.800. The SMILES string of the molecule is O=C(O)CNCCSC(F)(F)F. The van der Waals surface area contributed by atoms with Crippen LogP contribution >= 0.6 is 11.8 Å². The molecule has 0 unspecified atom stereocenters. The number of nitrogens with one attached hydrogen (secondary N) is 1. The van der Waals surface area contributed by atoms with Crippen molar-refractivity contribution in [2.75, 3.05) is 18.8 Å². The van der Waals surface area contributed by atoms with E-state index < -0.39 is 11.5 Å². The number of hydrogen-bond acceptors (Lipinski definition) is 3. The number of aliphatic carboxylic acids is 1. The second-order valence-corrected chi connectivity index (χ2v) is 3.02. The van der Waals surface area contributed by atoms with Gasteiger partial charge in [-0.1, -0.05) is 0 Å². The molecule has 0 aromatic carbocycles. The fourth-order valence-corrected chi connectivity index (χ4v) is 0.912. The van der Waals surface area contributed by atoms with Crippen LogP contribution < -0.4 is 5.32 Å². The number of carbonyl (C=O) groups is 1. The van der Waals surface area contributed by atoms with E-state index in [1.165, 1.54) is 0 Å². The Kier molecular flexibility index (Phi) is 5.07. The van der Waals surface area contributed by atoms with Gasteiger partial charge >= 0.3 is 11.5 Å². The third kappa shape index (κ3) is 9.57. The topological polar surface area (TPSA) is 49.3 Å². The van der Waals surface area contributed by atoms with Crippen LogP contribution in [0.2, 0.25) is 0 Å². The zero-order valence-corrected chi connectivity index (χ0v) is 6.84. The van der Waals surface area contributed by atoms with Crippen molar-refractivity contribution in [2.45, 2.75) is 5.51 Å². The molecule has 0 amide bonds. The largest absolute Gasteiger partial charge is 0.480 e. The highest BCUT2D eigenvalue weighted by Crippen LogP contribution is 2.29. The van der Waals surface area contributed by atoms with Crippen molar-refractivity contribution < 1.29 is 23.1 Å². The van der Waals surface area contributed by atoms with Crippen LogP contribution in [0.5, 0.6) is 0 Å². The molecule has 0 aromatic rings. The molecule has 0 radical (unpaired) electrons. The van der Waals surface area contributed by atoms with Gasteiger partial charge in [-0.05, 0) is 11.8 Å². The predicted molar refractivity (Wildman–Crippen MR) is 39.0 cm³/mol. The van der Waals surface area contributed by atoms with Crippen molar-refractivity contribution in [2.24, 2.45) is 0 Å². The predicted octanol–water partition coefficient (Wildman–Crippen LogP) is 0.914. The molecule has 12 heavy (non-hydrogen) atoms. The second-order valence-electron chi connectivity index (χ2n) is 1.86. The van der Waals surface area contributed by atoms with Crippen molar-refractivity contribution in [1.29, 1.82) is 0 Å². The van der Waals surface area contributed by atoms with Crippen LogP contribution in [0.3, 0.4) is 0 Å². The summed E-state index contributed by atoms with van der Waals surface area (Å²) in [6.07, 6.45) is 0. The number of thioether (sulfide) groups is 1. The highest BCUT2D eigenvalue weighted by atomic mass is 32.2. The molecule has 0 rings (SSSR count). The zero-order chi connectivity index (χ0) is 9.61. The monoisotopic (exact) mass is 203 g/mol. The second kappa shape index (κ2) is 5.26. The molecule has 0 heterocycles. The van der Waals surface area contributed by atoms with E-state index in [0.29, 0.717) is 0 Å². The third-order valence-corrected chi connectivity index (χ3v) is 1.56. The summed E-state index contributed by atoms with van der Waals surface area (Å²) < 4.78 is 34.4. The van der Waals surface area contributed by atoms with Crippen LogP contribution in [-0.2, 0) is 4.79 Å². The number of hydrogen-bond donors (Lipinski definition) is 2. The minimum Gasteiger partial charge on any atom is -0.480 e. The van der Waals surface area contributed by atoms with Crippen molar-refractivity contribution in [3.63, 3.8) is 0 Å². The van der Waals surface area contributed by atoms with Crippen molar-refractivity contribution in [3.05, 3.63) is 0 Å². The van der Waals surface area contributed by atoms with Gasteiger partial charge < -0.3 is 10.4 Å². The summed E-state index contributed by atoms with van der Waals surface area (Å²) in [7, 11) is 0. The van der Waals surface area contributed by atoms with Crippen LogP contribution in [-0.4, -0.2) is 35.4 Å². The highest BCUT2D eigenvalue weighted by Gasteiger charge is 2.27. The molecular formula is C5H8F3NO2S. The summed E-state index contributed by atoms with van der Waals surface area (Å²) in [4.78, 5) is 9.87. The molecule has 72 valence electrons. The first kappa shape index (κ1) is 11.6. The van der Waals surface area contributed by atoms with Gasteiger partial charge in [-0.25, -0.2) is 0 Å². The number of carboxylic acid groups (broad SMARTS) is 1. The molecule has 0 saturated carbocycles. The van der Waals surface area contributed by atoms with Crippen LogP contribution in [0, 0.1) is 0 Å². The van der Waals surface area contributed by atoms with E-state index in [4.69, 9.17) is 5.11 Å². The zero-order valence-electron chi connectivity index (χ0n) is 6.02. The lowest BCUT2D eigenvalue weighted by molar-refractivity contribution is -0.135. The first-order chi connectivity index (χ1) is 5.42. The van der Waals surface area contributed by atoms with E-state index in [2.05, 4.69) is 5.32 Å². The minimum absolute atomic E-state index is 0.0382. The van der Waals surface area contributed by atoms with E-state index in [-0.39, 0.29) is 30.6 Å².